The number of nitrogens with two attached hydrogens (primary N) is 2. The summed E-state index contributed by atoms with van der Waals surface area (Å²) in [5, 5.41) is 8.77. The Hall–Kier alpha value is -9.72. The average Bonchev–Trinajstić information content (AvgIpc) is 2.15. The molecule has 0 saturated heterocycles. The first-order chi connectivity index (χ1) is 41.0. The van der Waals surface area contributed by atoms with E-state index in [1.807, 2.05) is 60.9 Å². The third-order valence-corrected chi connectivity index (χ3v) is 13.8. The molecule has 0 unspecified atom stereocenters. The molecule has 5 aromatic heterocycles. The number of aromatic amines is 5. The van der Waals surface area contributed by atoms with Gasteiger partial charge in [-0.05, 0) is 90.3 Å². The Morgan fingerprint density at radius 1 is 0.506 bits per heavy atom. The fourth-order valence-electron chi connectivity index (χ4n) is 9.18. The third-order valence-electron chi connectivity index (χ3n) is 13.1. The number of ether oxygens (including phenoxy) is 3. The van der Waals surface area contributed by atoms with E-state index in [4.69, 9.17) is 39.5 Å². The Morgan fingerprint density at radius 3 is 1.41 bits per heavy atom. The molecule has 0 bridgehead atoms. The van der Waals surface area contributed by atoms with Gasteiger partial charge in [0.2, 0.25) is 5.24 Å². The summed E-state index contributed by atoms with van der Waals surface area (Å²) in [6, 6.07) is 28.9. The minimum absolute atomic E-state index is 0. The molecule has 2 aliphatic heterocycles. The van der Waals surface area contributed by atoms with E-state index in [2.05, 4.69) is 63.6 Å². The molecular weight excluding hydrogens is 1190 g/mol. The molecule has 0 radical (unpaired) electrons. The van der Waals surface area contributed by atoms with Crippen LogP contribution >= 0.6 is 34.8 Å². The van der Waals surface area contributed by atoms with E-state index in [0.717, 1.165) is 61.3 Å². The van der Waals surface area contributed by atoms with Crippen LogP contribution < -0.4 is 28.5 Å². The van der Waals surface area contributed by atoms with Gasteiger partial charge in [-0.1, -0.05) is 44.2 Å². The SMILES string of the molecule is CCC(=O)c1c[nH]c2cccc(C(=O)OC)c12.CCC1=CNC(=O)c2cccc3[nH]cc1c23.COC(=O)c1cccc2[nH]cc(C(=O)CCl)c12.COC(=O)c1cccc2[nH]ccc12.N.NN.O.O=C(Cl)CCl.O=C1CNC(=O)c2cccc3[nH]cc1c23. The van der Waals surface area contributed by atoms with Gasteiger partial charge in [0, 0.05) is 132 Å². The number of nitrogens with one attached hydrogen (secondary N) is 7. The van der Waals surface area contributed by atoms with E-state index < -0.39 is 17.2 Å². The number of hydrazine groups is 1. The molecule has 7 heterocycles. The zero-order valence-electron chi connectivity index (χ0n) is 47.6. The number of Topliss-reactive ketones (excluding diaryl/α,β-unsaturated/α-hetero) is 3. The second-order valence-electron chi connectivity index (χ2n) is 17.9. The normalized spacial score (nSPS) is 11.4. The Balaban J connectivity index is 0.000000226. The third kappa shape index (κ3) is 16.0. The van der Waals surface area contributed by atoms with Crippen molar-refractivity contribution >= 4 is 147 Å². The second kappa shape index (κ2) is 33.1. The highest BCUT2D eigenvalue weighted by molar-refractivity contribution is 6.67. The molecule has 0 spiro atoms. The Morgan fingerprint density at radius 2 is 0.931 bits per heavy atom. The van der Waals surface area contributed by atoms with E-state index in [1.165, 1.54) is 21.3 Å². The summed E-state index contributed by atoms with van der Waals surface area (Å²) in [6.07, 6.45) is 11.8. The maximum atomic E-state index is 11.9. The number of alkyl halides is 2. The predicted octanol–water partition coefficient (Wildman–Crippen LogP) is 9.78. The van der Waals surface area contributed by atoms with Crippen molar-refractivity contribution in [3.63, 3.8) is 0 Å². The van der Waals surface area contributed by atoms with Gasteiger partial charge in [-0.2, -0.15) is 0 Å². The number of fused-ring (bicyclic) bond motifs is 3. The number of benzene rings is 5. The molecule has 10 aromatic rings. The number of allylic oxidation sites excluding steroid dienone is 1. The van der Waals surface area contributed by atoms with Gasteiger partial charge in [-0.15, -0.1) is 23.2 Å². The standard InChI is InChI=1S/C13H12N2O.C13H13NO3.C12H10ClNO3.C11H8N2O2.C10H9NO2.C2H2Cl2O.H4N2.H3N.H2O/c1-2-8-6-15-13(16)9-4-3-5-11-12(9)10(8)7-14-11;1-3-11(15)9-7-14-10-6-4-5-8(12(9)10)13(16)17-2;1-17-12(16)7-3-2-4-9-11(7)8(6-14-9)10(15)5-13;14-9-5-13-11(15)6-2-1-3-8-10(6)7(9)4-12-8;1-13-10(12)8-3-2-4-9-7(8)5-6-11-9;3-1-2(4)5;1-2;;/h3-7,14H,2H2,1H3,(H,15,16);4-7,14H,3H2,1-2H3;2-4,6,14H,5H2,1H3;1-4,12H,5H2,(H,13,15);2-6,11H,1H3;1H2;1-2H2;1H3;1H2. The van der Waals surface area contributed by atoms with Crippen LogP contribution in [0.4, 0.5) is 0 Å². The summed E-state index contributed by atoms with van der Waals surface area (Å²) in [4.78, 5) is 118. The topological polar surface area (TPSA) is 403 Å². The molecule has 87 heavy (non-hydrogen) atoms. The van der Waals surface area contributed by atoms with Crippen LogP contribution in [0.1, 0.15) is 115 Å². The number of hydrogen-bond donors (Lipinski definition) is 10. The maximum absolute atomic E-state index is 11.9. The van der Waals surface area contributed by atoms with E-state index in [0.29, 0.717) is 61.7 Å². The smallest absolute Gasteiger partial charge is 0.338 e. The molecule has 0 atom stereocenters. The molecule has 23 nitrogen and oxygen atoms in total. The van der Waals surface area contributed by atoms with Gasteiger partial charge in [-0.25, -0.2) is 14.4 Å². The number of hydrogen-bond acceptors (Lipinski definition) is 15. The number of halogens is 3. The molecule has 2 amide bonds. The van der Waals surface area contributed by atoms with E-state index in [9.17, 15) is 43.2 Å². The Kier molecular flexibility index (Phi) is 26.5. The predicted molar refractivity (Wildman–Crippen MR) is 336 cm³/mol. The largest absolute Gasteiger partial charge is 0.465 e. The quantitative estimate of drug-likeness (QED) is 0.0122. The zero-order valence-corrected chi connectivity index (χ0v) is 49.9. The average molecular weight is 1250 g/mol. The number of aromatic nitrogens is 5. The Bertz CT molecular complexity index is 4050. The molecule has 16 N–H and O–H groups in total. The van der Waals surface area contributed by atoms with Gasteiger partial charge in [0.1, 0.15) is 0 Å². The fraction of sp³-hybridized carbons (Fsp3) is 0.164. The Labute approximate surface area is 511 Å². The minimum atomic E-state index is -0.508. The van der Waals surface area contributed by atoms with Crippen LogP contribution in [0.2, 0.25) is 0 Å². The van der Waals surface area contributed by atoms with Crippen molar-refractivity contribution in [2.75, 3.05) is 39.6 Å². The zero-order chi connectivity index (χ0) is 61.9. The van der Waals surface area contributed by atoms with Crippen LogP contribution in [0.5, 0.6) is 0 Å². The molecule has 26 heteroatoms. The number of esters is 3. The summed E-state index contributed by atoms with van der Waals surface area (Å²) >= 11 is 15.1. The van der Waals surface area contributed by atoms with Gasteiger partial charge in [0.05, 0.1) is 56.3 Å². The number of rotatable bonds is 9. The van der Waals surface area contributed by atoms with Crippen LogP contribution in [0.15, 0.2) is 134 Å². The van der Waals surface area contributed by atoms with Crippen molar-refractivity contribution < 1.29 is 62.8 Å². The lowest BCUT2D eigenvalue weighted by Crippen LogP contribution is -2.26. The highest BCUT2D eigenvalue weighted by atomic mass is 35.5. The van der Waals surface area contributed by atoms with Gasteiger partial charge < -0.3 is 61.4 Å². The van der Waals surface area contributed by atoms with Gasteiger partial charge in [0.25, 0.3) is 11.8 Å². The number of H-pyrrole nitrogens is 5. The van der Waals surface area contributed by atoms with Crippen LogP contribution in [-0.4, -0.2) is 122 Å². The molecule has 0 saturated carbocycles. The van der Waals surface area contributed by atoms with Crippen molar-refractivity contribution in [2.24, 2.45) is 11.7 Å². The first-order valence-electron chi connectivity index (χ1n) is 25.8. The van der Waals surface area contributed by atoms with Crippen molar-refractivity contribution in [2.45, 2.75) is 26.7 Å². The summed E-state index contributed by atoms with van der Waals surface area (Å²) in [5.41, 5.74) is 10.8. The van der Waals surface area contributed by atoms with Crippen LogP contribution in [0.25, 0.3) is 60.1 Å². The molecular formula is C61H63Cl3N10O13. The molecule has 5 aromatic carbocycles. The number of carbonyl (C=O) groups is 9. The minimum Gasteiger partial charge on any atom is -0.465 e. The monoisotopic (exact) mass is 1250 g/mol. The maximum Gasteiger partial charge on any atom is 0.338 e. The summed E-state index contributed by atoms with van der Waals surface area (Å²) in [5.74, 6) is 6.08. The highest BCUT2D eigenvalue weighted by Gasteiger charge is 2.24. The molecule has 0 aliphatic carbocycles. The van der Waals surface area contributed by atoms with Crippen molar-refractivity contribution in [3.05, 3.63) is 184 Å². The van der Waals surface area contributed by atoms with E-state index >= 15 is 0 Å². The lowest BCUT2D eigenvalue weighted by Gasteiger charge is -2.03. The van der Waals surface area contributed by atoms with Crippen LogP contribution in [0, 0.1) is 0 Å². The van der Waals surface area contributed by atoms with Gasteiger partial charge in [-0.3, -0.25) is 40.5 Å². The highest BCUT2D eigenvalue weighted by Crippen LogP contribution is 2.32. The molecule has 12 rings (SSSR count). The van der Waals surface area contributed by atoms with E-state index in [-0.39, 0.29) is 65.1 Å². The van der Waals surface area contributed by atoms with E-state index in [1.54, 1.807) is 80.2 Å². The summed E-state index contributed by atoms with van der Waals surface area (Å²) in [7, 11) is 4.01. The first-order valence-corrected chi connectivity index (χ1v) is 27.2. The van der Waals surface area contributed by atoms with Gasteiger partial charge in [0.15, 0.2) is 17.3 Å². The number of amides is 2. The summed E-state index contributed by atoms with van der Waals surface area (Å²) in [6.45, 7) is 3.95. The second-order valence-corrected chi connectivity index (χ2v) is 18.8. The lowest BCUT2D eigenvalue weighted by atomic mass is 10.0. The molecule has 456 valence electrons. The lowest BCUT2D eigenvalue weighted by molar-refractivity contribution is -0.109. The molecule has 2 aliphatic rings. The van der Waals surface area contributed by atoms with Crippen molar-refractivity contribution in [3.8, 4) is 0 Å². The van der Waals surface area contributed by atoms with Crippen molar-refractivity contribution in [1.82, 2.24) is 41.7 Å². The fourth-order valence-corrected chi connectivity index (χ4v) is 9.32. The van der Waals surface area contributed by atoms with Crippen LogP contribution in [-0.2, 0) is 19.0 Å². The van der Waals surface area contributed by atoms with Gasteiger partial charge >= 0.3 is 17.9 Å². The molecule has 0 fully saturated rings. The first kappa shape index (κ1) is 69.8. The van der Waals surface area contributed by atoms with Crippen molar-refractivity contribution in [1.29, 1.82) is 0 Å². The van der Waals surface area contributed by atoms with Crippen LogP contribution in [0.3, 0.4) is 0 Å². The number of carbonyl (C=O) groups excluding carboxylic acids is 9. The number of ketones is 3. The summed E-state index contributed by atoms with van der Waals surface area (Å²) < 4.78 is 14.1. The number of methoxy groups -OCH3 is 3.